The number of carbonyl (C=O) groups is 1. The first kappa shape index (κ1) is 17.1. The predicted molar refractivity (Wildman–Crippen MR) is 102 cm³/mol. The number of hydrogen-bond donors (Lipinski definition) is 0. The Morgan fingerprint density at radius 2 is 2.04 bits per heavy atom. The number of thiazole rings is 1. The second kappa shape index (κ2) is 7.13. The molecule has 2 aromatic carbocycles. The number of amides is 1. The molecular formula is C19H17ClN2O3S. The van der Waals surface area contributed by atoms with Gasteiger partial charge in [-0.3, -0.25) is 4.79 Å². The van der Waals surface area contributed by atoms with Crippen molar-refractivity contribution in [1.29, 1.82) is 0 Å². The number of para-hydroxylation sites is 1. The van der Waals surface area contributed by atoms with Crippen LogP contribution in [0.15, 0.2) is 41.4 Å². The van der Waals surface area contributed by atoms with E-state index in [1.54, 1.807) is 18.2 Å². The number of benzene rings is 2. The maximum atomic E-state index is 12.7. The fourth-order valence-corrected chi connectivity index (χ4v) is 4.35. The molecule has 1 aromatic heterocycles. The molecule has 0 bridgehead atoms. The SMILES string of the molecule is CCCn1c(=NC(=O)c2ccc3c(c2)OCCO3)sc2cccc(Cl)c21. The Hall–Kier alpha value is -2.31. The van der Waals surface area contributed by atoms with Crippen LogP contribution >= 0.6 is 22.9 Å². The van der Waals surface area contributed by atoms with Crippen molar-refractivity contribution in [3.63, 3.8) is 0 Å². The number of hydrogen-bond acceptors (Lipinski definition) is 4. The van der Waals surface area contributed by atoms with E-state index in [4.69, 9.17) is 21.1 Å². The Bertz CT molecular complexity index is 1050. The highest BCUT2D eigenvalue weighted by Crippen LogP contribution is 2.31. The third-order valence-corrected chi connectivity index (χ3v) is 5.43. The van der Waals surface area contributed by atoms with Gasteiger partial charge in [-0.15, -0.1) is 0 Å². The van der Waals surface area contributed by atoms with Crippen molar-refractivity contribution >= 4 is 39.1 Å². The van der Waals surface area contributed by atoms with Crippen molar-refractivity contribution in [2.75, 3.05) is 13.2 Å². The second-order valence-corrected chi connectivity index (χ2v) is 7.31. The highest BCUT2D eigenvalue weighted by Gasteiger charge is 2.16. The fourth-order valence-electron chi connectivity index (χ4n) is 2.93. The summed E-state index contributed by atoms with van der Waals surface area (Å²) in [6.07, 6.45) is 0.919. The lowest BCUT2D eigenvalue weighted by molar-refractivity contribution is 0.0996. The van der Waals surface area contributed by atoms with Gasteiger partial charge in [0.1, 0.15) is 13.2 Å². The Kier molecular flexibility index (Phi) is 4.70. The van der Waals surface area contributed by atoms with Crippen molar-refractivity contribution in [2.24, 2.45) is 4.99 Å². The number of ether oxygens (including phenoxy) is 2. The highest BCUT2D eigenvalue weighted by molar-refractivity contribution is 7.16. The zero-order valence-corrected chi connectivity index (χ0v) is 15.8. The first-order valence-electron chi connectivity index (χ1n) is 8.44. The molecule has 0 fully saturated rings. The number of fused-ring (bicyclic) bond motifs is 2. The zero-order valence-electron chi connectivity index (χ0n) is 14.2. The quantitative estimate of drug-likeness (QED) is 0.673. The Labute approximate surface area is 159 Å². The van der Waals surface area contributed by atoms with E-state index < -0.39 is 0 Å². The van der Waals surface area contributed by atoms with Gasteiger partial charge in [0.15, 0.2) is 16.3 Å². The monoisotopic (exact) mass is 388 g/mol. The lowest BCUT2D eigenvalue weighted by Gasteiger charge is -2.18. The summed E-state index contributed by atoms with van der Waals surface area (Å²) in [6, 6.07) is 10.9. The van der Waals surface area contributed by atoms with E-state index in [1.807, 2.05) is 22.8 Å². The van der Waals surface area contributed by atoms with Crippen molar-refractivity contribution in [3.8, 4) is 11.5 Å². The molecule has 26 heavy (non-hydrogen) atoms. The molecule has 0 aliphatic carbocycles. The molecule has 0 spiro atoms. The molecular weight excluding hydrogens is 372 g/mol. The summed E-state index contributed by atoms with van der Waals surface area (Å²) in [5, 5.41) is 0.667. The van der Waals surface area contributed by atoms with Crippen LogP contribution in [0.25, 0.3) is 10.2 Å². The van der Waals surface area contributed by atoms with Gasteiger partial charge < -0.3 is 14.0 Å². The predicted octanol–water partition coefficient (Wildman–Crippen LogP) is 4.28. The van der Waals surface area contributed by atoms with Crippen LogP contribution in [0.3, 0.4) is 0 Å². The van der Waals surface area contributed by atoms with E-state index in [0.29, 0.717) is 40.1 Å². The van der Waals surface area contributed by atoms with Crippen LogP contribution in [0.1, 0.15) is 23.7 Å². The summed E-state index contributed by atoms with van der Waals surface area (Å²) >= 11 is 7.84. The largest absolute Gasteiger partial charge is 0.486 e. The lowest BCUT2D eigenvalue weighted by atomic mass is 10.2. The summed E-state index contributed by atoms with van der Waals surface area (Å²) in [7, 11) is 0. The van der Waals surface area contributed by atoms with Crippen LogP contribution in [0, 0.1) is 0 Å². The molecule has 5 nitrogen and oxygen atoms in total. The topological polar surface area (TPSA) is 52.8 Å². The minimum Gasteiger partial charge on any atom is -0.486 e. The van der Waals surface area contributed by atoms with Gasteiger partial charge >= 0.3 is 0 Å². The maximum Gasteiger partial charge on any atom is 0.279 e. The van der Waals surface area contributed by atoms with Crippen LogP contribution in [0.4, 0.5) is 0 Å². The number of halogens is 1. The standard InChI is InChI=1S/C19H17ClN2O3S/c1-2-8-22-17-13(20)4-3-5-16(17)26-19(22)21-18(23)12-6-7-14-15(11-12)25-10-9-24-14/h3-7,11H,2,8-10H2,1H3. The molecule has 0 saturated carbocycles. The molecule has 1 aliphatic rings. The van der Waals surface area contributed by atoms with Crippen LogP contribution < -0.4 is 14.3 Å². The number of aryl methyl sites for hydroxylation is 1. The van der Waals surface area contributed by atoms with E-state index in [0.717, 1.165) is 23.2 Å². The van der Waals surface area contributed by atoms with Gasteiger partial charge in [-0.25, -0.2) is 0 Å². The highest BCUT2D eigenvalue weighted by atomic mass is 35.5. The van der Waals surface area contributed by atoms with Crippen molar-refractivity contribution in [3.05, 3.63) is 51.8 Å². The zero-order chi connectivity index (χ0) is 18.1. The normalized spacial score (nSPS) is 14.0. The average molecular weight is 389 g/mol. The van der Waals surface area contributed by atoms with Gasteiger partial charge in [0.25, 0.3) is 5.91 Å². The van der Waals surface area contributed by atoms with Crippen LogP contribution in [0.2, 0.25) is 5.02 Å². The van der Waals surface area contributed by atoms with Crippen molar-refractivity contribution in [2.45, 2.75) is 19.9 Å². The fraction of sp³-hybridized carbons (Fsp3) is 0.263. The third-order valence-electron chi connectivity index (χ3n) is 4.09. The van der Waals surface area contributed by atoms with E-state index >= 15 is 0 Å². The van der Waals surface area contributed by atoms with Gasteiger partial charge in [0.2, 0.25) is 0 Å². The first-order valence-corrected chi connectivity index (χ1v) is 9.63. The molecule has 1 amide bonds. The van der Waals surface area contributed by atoms with E-state index in [-0.39, 0.29) is 5.91 Å². The number of rotatable bonds is 3. The molecule has 1 aliphatic heterocycles. The average Bonchev–Trinajstić information content (AvgIpc) is 3.00. The van der Waals surface area contributed by atoms with Crippen molar-refractivity contribution < 1.29 is 14.3 Å². The molecule has 134 valence electrons. The Morgan fingerprint density at radius 3 is 2.85 bits per heavy atom. The summed E-state index contributed by atoms with van der Waals surface area (Å²) in [6.45, 7) is 3.83. The minimum atomic E-state index is -0.311. The van der Waals surface area contributed by atoms with Gasteiger partial charge in [-0.2, -0.15) is 4.99 Å². The van der Waals surface area contributed by atoms with E-state index in [1.165, 1.54) is 11.3 Å². The van der Waals surface area contributed by atoms with Crippen LogP contribution in [-0.2, 0) is 6.54 Å². The summed E-state index contributed by atoms with van der Waals surface area (Å²) in [5.74, 6) is 0.926. The minimum absolute atomic E-state index is 0.311. The molecule has 0 unspecified atom stereocenters. The maximum absolute atomic E-state index is 12.7. The van der Waals surface area contributed by atoms with E-state index in [2.05, 4.69) is 11.9 Å². The van der Waals surface area contributed by atoms with Gasteiger partial charge in [-0.1, -0.05) is 35.9 Å². The van der Waals surface area contributed by atoms with Crippen LogP contribution in [-0.4, -0.2) is 23.7 Å². The summed E-state index contributed by atoms with van der Waals surface area (Å²) in [5.41, 5.74) is 1.40. The molecule has 0 atom stereocenters. The third kappa shape index (κ3) is 3.10. The van der Waals surface area contributed by atoms with E-state index in [9.17, 15) is 4.79 Å². The molecule has 3 aromatic rings. The molecule has 0 radical (unpaired) electrons. The number of carbonyl (C=O) groups excluding carboxylic acids is 1. The van der Waals surface area contributed by atoms with Gasteiger partial charge in [0, 0.05) is 12.1 Å². The molecule has 4 rings (SSSR count). The molecule has 2 heterocycles. The smallest absolute Gasteiger partial charge is 0.279 e. The molecule has 7 heteroatoms. The lowest BCUT2D eigenvalue weighted by Crippen LogP contribution is -2.18. The van der Waals surface area contributed by atoms with Crippen LogP contribution in [0.5, 0.6) is 11.5 Å². The summed E-state index contributed by atoms with van der Waals surface area (Å²) < 4.78 is 14.1. The van der Waals surface area contributed by atoms with Gasteiger partial charge in [-0.05, 0) is 36.8 Å². The number of nitrogens with zero attached hydrogens (tertiary/aromatic N) is 2. The second-order valence-electron chi connectivity index (χ2n) is 5.90. The van der Waals surface area contributed by atoms with Gasteiger partial charge in [0.05, 0.1) is 15.2 Å². The summed E-state index contributed by atoms with van der Waals surface area (Å²) in [4.78, 5) is 17.7. The van der Waals surface area contributed by atoms with Crippen molar-refractivity contribution in [1.82, 2.24) is 4.57 Å². The number of aromatic nitrogens is 1. The Balaban J connectivity index is 1.79. The first-order chi connectivity index (χ1) is 12.7. The molecule has 0 N–H and O–H groups in total. The molecule has 0 saturated heterocycles. The Morgan fingerprint density at radius 1 is 1.23 bits per heavy atom.